The molecular weight excluding hydrogens is 627 g/mol. The summed E-state index contributed by atoms with van der Waals surface area (Å²) in [6.07, 6.45) is -4.74. The van der Waals surface area contributed by atoms with Crippen molar-refractivity contribution in [1.82, 2.24) is 4.98 Å². The van der Waals surface area contributed by atoms with E-state index in [-0.39, 0.29) is 44.1 Å². The van der Waals surface area contributed by atoms with Gasteiger partial charge in [-0.3, -0.25) is 9.59 Å². The van der Waals surface area contributed by atoms with E-state index in [1.165, 1.54) is 11.6 Å². The number of nitrogens with one attached hydrogen (secondary N) is 1. The molecule has 47 heavy (non-hydrogen) atoms. The summed E-state index contributed by atoms with van der Waals surface area (Å²) in [7, 11) is 0. The number of hydrogen-bond acceptors (Lipinski definition) is 6. The minimum absolute atomic E-state index is 0.0327. The van der Waals surface area contributed by atoms with Gasteiger partial charge in [-0.1, -0.05) is 86.6 Å². The van der Waals surface area contributed by atoms with Crippen molar-refractivity contribution in [3.8, 4) is 16.9 Å². The average molecular weight is 656 g/mol. The second-order valence-corrected chi connectivity index (χ2v) is 12.3. The van der Waals surface area contributed by atoms with E-state index in [0.717, 1.165) is 11.6 Å². The van der Waals surface area contributed by atoms with Crippen LogP contribution in [0.1, 0.15) is 56.7 Å². The van der Waals surface area contributed by atoms with Crippen LogP contribution in [0, 0.1) is 0 Å². The number of fused-ring (bicyclic) bond motifs is 1. The fraction of sp³-hybridized carbons (Fsp3) is 0.139. The van der Waals surface area contributed by atoms with Crippen LogP contribution in [0.5, 0.6) is 5.75 Å². The summed E-state index contributed by atoms with van der Waals surface area (Å²) >= 11 is 0.669. The third kappa shape index (κ3) is 6.48. The number of carbonyl (C=O) groups is 2. The zero-order valence-electron chi connectivity index (χ0n) is 25.2. The van der Waals surface area contributed by atoms with Gasteiger partial charge in [0.2, 0.25) is 0 Å². The van der Waals surface area contributed by atoms with E-state index >= 15 is 0 Å². The van der Waals surface area contributed by atoms with Crippen LogP contribution < -0.4 is 15.8 Å². The van der Waals surface area contributed by atoms with Crippen LogP contribution in [0.4, 0.5) is 18.9 Å². The molecule has 0 unspecified atom stereocenters. The lowest BCUT2D eigenvalue weighted by Crippen LogP contribution is -2.18. The van der Waals surface area contributed by atoms with Crippen LogP contribution in [-0.4, -0.2) is 16.8 Å². The zero-order chi connectivity index (χ0) is 33.3. The monoisotopic (exact) mass is 655 g/mol. The number of benzene rings is 3. The molecule has 238 valence electrons. The standard InChI is InChI=1S/C36H28F3N3O4S/c1-35(2,22-11-7-4-8-12-22)23-13-15-24(16-14-23)45-20-25-17-18-27(46-25)33(44)42-30-29-26(21-9-5-3-6-10-21)19-28(36(37,38)39)41-34(29)47-31(30)32(40)43/h3-19H,20H2,1-2H3,(H2,40,43)(H,42,44). The highest BCUT2D eigenvalue weighted by molar-refractivity contribution is 7.21. The number of nitrogens with zero attached hydrogens (tertiary/aromatic N) is 1. The number of nitrogens with two attached hydrogens (primary N) is 1. The number of carbonyl (C=O) groups excluding carboxylic acids is 2. The fourth-order valence-electron chi connectivity index (χ4n) is 5.28. The van der Waals surface area contributed by atoms with Gasteiger partial charge in [-0.15, -0.1) is 11.3 Å². The van der Waals surface area contributed by atoms with E-state index in [9.17, 15) is 22.8 Å². The number of aromatic nitrogens is 1. The lowest BCUT2D eigenvalue weighted by atomic mass is 9.78. The maximum absolute atomic E-state index is 13.8. The highest BCUT2D eigenvalue weighted by atomic mass is 32.1. The predicted molar refractivity (Wildman–Crippen MR) is 175 cm³/mol. The van der Waals surface area contributed by atoms with Crippen molar-refractivity contribution in [2.45, 2.75) is 32.0 Å². The first-order chi connectivity index (χ1) is 22.4. The molecule has 0 aliphatic heterocycles. The number of pyridine rings is 1. The molecule has 7 nitrogen and oxygen atoms in total. The number of rotatable bonds is 9. The van der Waals surface area contributed by atoms with Gasteiger partial charge in [-0.2, -0.15) is 13.2 Å². The van der Waals surface area contributed by atoms with Gasteiger partial charge < -0.3 is 20.2 Å². The van der Waals surface area contributed by atoms with Crippen molar-refractivity contribution in [1.29, 1.82) is 0 Å². The summed E-state index contributed by atoms with van der Waals surface area (Å²) in [6.45, 7) is 4.33. The second-order valence-electron chi connectivity index (χ2n) is 11.3. The Bertz CT molecular complexity index is 2070. The predicted octanol–water partition coefficient (Wildman–Crippen LogP) is 8.83. The van der Waals surface area contributed by atoms with Crippen molar-refractivity contribution in [3.63, 3.8) is 0 Å². The Balaban J connectivity index is 1.23. The first-order valence-corrected chi connectivity index (χ1v) is 15.3. The minimum Gasteiger partial charge on any atom is -0.486 e. The van der Waals surface area contributed by atoms with Crippen LogP contribution in [-0.2, 0) is 18.2 Å². The van der Waals surface area contributed by atoms with Gasteiger partial charge in [0, 0.05) is 10.8 Å². The summed E-state index contributed by atoms with van der Waals surface area (Å²) in [6, 6.07) is 30.1. The van der Waals surface area contributed by atoms with Gasteiger partial charge in [0.05, 0.1) is 5.69 Å². The lowest BCUT2D eigenvalue weighted by molar-refractivity contribution is -0.140. The van der Waals surface area contributed by atoms with E-state index in [1.54, 1.807) is 36.4 Å². The average Bonchev–Trinajstić information content (AvgIpc) is 3.69. The third-order valence-corrected chi connectivity index (χ3v) is 8.94. The van der Waals surface area contributed by atoms with E-state index in [1.807, 2.05) is 42.5 Å². The van der Waals surface area contributed by atoms with Crippen molar-refractivity contribution in [3.05, 3.63) is 136 Å². The van der Waals surface area contributed by atoms with Crippen molar-refractivity contribution < 1.29 is 31.9 Å². The van der Waals surface area contributed by atoms with Gasteiger partial charge in [0.15, 0.2) is 5.76 Å². The first kappa shape index (κ1) is 31.6. The number of anilines is 1. The molecule has 3 aromatic carbocycles. The van der Waals surface area contributed by atoms with E-state index in [4.69, 9.17) is 14.9 Å². The third-order valence-electron chi connectivity index (χ3n) is 7.84. The lowest BCUT2D eigenvalue weighted by Gasteiger charge is -2.26. The molecule has 0 fully saturated rings. The molecule has 0 saturated heterocycles. The Morgan fingerprint density at radius 2 is 1.53 bits per heavy atom. The molecule has 2 amide bonds. The second kappa shape index (κ2) is 12.4. The molecule has 0 radical (unpaired) electrons. The van der Waals surface area contributed by atoms with E-state index < -0.39 is 23.7 Å². The SMILES string of the molecule is CC(C)(c1ccccc1)c1ccc(OCc2ccc(C(=O)Nc3c(C(N)=O)sc4nc(C(F)(F)F)cc(-c5ccccc5)c34)o2)cc1. The van der Waals surface area contributed by atoms with Crippen LogP contribution in [0.15, 0.2) is 108 Å². The molecule has 0 atom stereocenters. The number of ether oxygens (including phenoxy) is 1. The number of halogens is 3. The number of amides is 2. The molecule has 3 heterocycles. The summed E-state index contributed by atoms with van der Waals surface area (Å²) in [5.74, 6) is -0.794. The summed E-state index contributed by atoms with van der Waals surface area (Å²) in [4.78, 5) is 29.3. The van der Waals surface area contributed by atoms with Gasteiger partial charge in [-0.25, -0.2) is 4.98 Å². The van der Waals surface area contributed by atoms with Gasteiger partial charge >= 0.3 is 6.18 Å². The molecule has 3 aromatic heterocycles. The normalized spacial score (nSPS) is 11.9. The van der Waals surface area contributed by atoms with Gasteiger partial charge in [0.25, 0.3) is 11.8 Å². The zero-order valence-corrected chi connectivity index (χ0v) is 26.0. The summed E-state index contributed by atoms with van der Waals surface area (Å²) < 4.78 is 52.9. The van der Waals surface area contributed by atoms with Crippen molar-refractivity contribution >= 4 is 39.1 Å². The van der Waals surface area contributed by atoms with Gasteiger partial charge in [0.1, 0.15) is 33.5 Å². The van der Waals surface area contributed by atoms with Crippen LogP contribution in [0.3, 0.4) is 0 Å². The number of hydrogen-bond donors (Lipinski definition) is 2. The molecular formula is C36H28F3N3O4S. The Hall–Kier alpha value is -5.42. The highest BCUT2D eigenvalue weighted by Gasteiger charge is 2.35. The maximum atomic E-state index is 13.8. The molecule has 3 N–H and O–H groups in total. The van der Waals surface area contributed by atoms with Gasteiger partial charge in [-0.05, 0) is 52.6 Å². The highest BCUT2D eigenvalue weighted by Crippen LogP contribution is 2.44. The molecule has 0 aliphatic carbocycles. The Morgan fingerprint density at radius 1 is 0.894 bits per heavy atom. The fourth-order valence-corrected chi connectivity index (χ4v) is 6.29. The molecule has 0 spiro atoms. The molecule has 0 bridgehead atoms. The van der Waals surface area contributed by atoms with Crippen molar-refractivity contribution in [2.24, 2.45) is 5.73 Å². The quantitative estimate of drug-likeness (QED) is 0.162. The number of primary amides is 1. The molecule has 0 aliphatic rings. The molecule has 6 rings (SSSR count). The smallest absolute Gasteiger partial charge is 0.433 e. The Labute approximate surface area is 271 Å². The summed E-state index contributed by atoms with van der Waals surface area (Å²) in [5, 5.41) is 2.79. The molecule has 0 saturated carbocycles. The summed E-state index contributed by atoms with van der Waals surface area (Å²) in [5.41, 5.74) is 7.08. The van der Waals surface area contributed by atoms with Crippen LogP contribution in [0.25, 0.3) is 21.3 Å². The number of thiophene rings is 1. The largest absolute Gasteiger partial charge is 0.486 e. The molecule has 6 aromatic rings. The first-order valence-electron chi connectivity index (χ1n) is 14.5. The molecule has 11 heteroatoms. The maximum Gasteiger partial charge on any atom is 0.433 e. The van der Waals surface area contributed by atoms with E-state index in [2.05, 4.69) is 36.3 Å². The topological polar surface area (TPSA) is 107 Å². The minimum atomic E-state index is -4.74. The van der Waals surface area contributed by atoms with Crippen LogP contribution in [0.2, 0.25) is 0 Å². The number of furan rings is 1. The Morgan fingerprint density at radius 3 is 2.17 bits per heavy atom. The van der Waals surface area contributed by atoms with E-state index in [0.29, 0.717) is 28.4 Å². The van der Waals surface area contributed by atoms with Crippen molar-refractivity contribution in [2.75, 3.05) is 5.32 Å². The number of alkyl halides is 3. The van der Waals surface area contributed by atoms with Crippen LogP contribution >= 0.6 is 11.3 Å². The Kier molecular flexibility index (Phi) is 8.33.